The molecule has 0 unspecified atom stereocenters. The van der Waals surface area contributed by atoms with E-state index in [4.69, 9.17) is 15.2 Å². The van der Waals surface area contributed by atoms with E-state index in [0.717, 1.165) is 22.7 Å². The zero-order chi connectivity index (χ0) is 15.2. The number of nitrogen functional groups attached to an aromatic ring is 1. The van der Waals surface area contributed by atoms with Crippen molar-refractivity contribution < 1.29 is 9.47 Å². The molecule has 0 radical (unpaired) electrons. The third-order valence-corrected chi connectivity index (χ3v) is 3.07. The molecule has 0 aliphatic rings. The number of ether oxygens (including phenoxy) is 2. The Bertz CT molecular complexity index is 617. The van der Waals surface area contributed by atoms with Crippen molar-refractivity contribution in [2.75, 3.05) is 24.8 Å². The summed E-state index contributed by atoms with van der Waals surface area (Å²) in [5, 5.41) is 3.26. The third kappa shape index (κ3) is 3.53. The van der Waals surface area contributed by atoms with E-state index in [1.807, 2.05) is 32.0 Å². The van der Waals surface area contributed by atoms with Crippen molar-refractivity contribution in [2.45, 2.75) is 20.4 Å². The fraction of sp³-hybridized carbons (Fsp3) is 0.333. The van der Waals surface area contributed by atoms with Crippen molar-refractivity contribution in [1.29, 1.82) is 0 Å². The highest BCUT2D eigenvalue weighted by Gasteiger charge is 2.09. The van der Waals surface area contributed by atoms with Crippen LogP contribution in [0.5, 0.6) is 11.6 Å². The highest BCUT2D eigenvalue weighted by atomic mass is 16.5. The Labute approximate surface area is 124 Å². The maximum Gasteiger partial charge on any atom is 0.221 e. The van der Waals surface area contributed by atoms with Crippen LogP contribution in [0.1, 0.15) is 18.1 Å². The van der Waals surface area contributed by atoms with Gasteiger partial charge in [0.1, 0.15) is 17.9 Å². The van der Waals surface area contributed by atoms with Gasteiger partial charge in [0, 0.05) is 17.8 Å². The second kappa shape index (κ2) is 6.78. The predicted molar refractivity (Wildman–Crippen MR) is 82.7 cm³/mol. The van der Waals surface area contributed by atoms with Gasteiger partial charge in [0.15, 0.2) is 0 Å². The van der Waals surface area contributed by atoms with Crippen LogP contribution in [0.4, 0.5) is 11.5 Å². The summed E-state index contributed by atoms with van der Waals surface area (Å²) in [5.74, 6) is 2.11. The number of rotatable bonds is 6. The van der Waals surface area contributed by atoms with E-state index >= 15 is 0 Å². The Hall–Kier alpha value is -2.50. The summed E-state index contributed by atoms with van der Waals surface area (Å²) in [6, 6.07) is 5.54. The average molecular weight is 288 g/mol. The molecule has 1 aromatic heterocycles. The molecule has 6 nitrogen and oxygen atoms in total. The smallest absolute Gasteiger partial charge is 0.221 e. The van der Waals surface area contributed by atoms with Crippen molar-refractivity contribution >= 4 is 11.5 Å². The van der Waals surface area contributed by atoms with Crippen LogP contribution in [0.25, 0.3) is 0 Å². The summed E-state index contributed by atoms with van der Waals surface area (Å²) in [5.41, 5.74) is 8.36. The Morgan fingerprint density at radius 2 is 2.10 bits per heavy atom. The highest BCUT2D eigenvalue weighted by molar-refractivity contribution is 5.52. The topological polar surface area (TPSA) is 82.3 Å². The molecule has 6 heteroatoms. The lowest BCUT2D eigenvalue weighted by Gasteiger charge is -2.13. The molecular formula is C15H20N4O2. The summed E-state index contributed by atoms with van der Waals surface area (Å²) in [6.45, 7) is 4.97. The van der Waals surface area contributed by atoms with E-state index < -0.39 is 0 Å². The van der Waals surface area contributed by atoms with E-state index in [1.165, 1.54) is 6.33 Å². The van der Waals surface area contributed by atoms with Crippen LogP contribution < -0.4 is 20.5 Å². The predicted octanol–water partition coefficient (Wildman–Crippen LogP) is 2.39. The van der Waals surface area contributed by atoms with Gasteiger partial charge in [-0.3, -0.25) is 0 Å². The van der Waals surface area contributed by atoms with Gasteiger partial charge in [-0.2, -0.15) is 0 Å². The van der Waals surface area contributed by atoms with E-state index in [2.05, 4.69) is 15.3 Å². The fourth-order valence-corrected chi connectivity index (χ4v) is 2.01. The van der Waals surface area contributed by atoms with Gasteiger partial charge >= 0.3 is 0 Å². The monoisotopic (exact) mass is 288 g/mol. The minimum absolute atomic E-state index is 0.553. The first kappa shape index (κ1) is 14.9. The highest BCUT2D eigenvalue weighted by Crippen LogP contribution is 2.24. The zero-order valence-electron chi connectivity index (χ0n) is 12.5. The number of benzene rings is 1. The van der Waals surface area contributed by atoms with Crippen molar-refractivity contribution in [2.24, 2.45) is 0 Å². The first-order valence-electron chi connectivity index (χ1n) is 6.76. The van der Waals surface area contributed by atoms with Crippen LogP contribution in [0.15, 0.2) is 24.5 Å². The van der Waals surface area contributed by atoms with Gasteiger partial charge in [-0.25, -0.2) is 9.97 Å². The summed E-state index contributed by atoms with van der Waals surface area (Å²) >= 11 is 0. The summed E-state index contributed by atoms with van der Waals surface area (Å²) in [6.07, 6.45) is 1.48. The molecule has 3 N–H and O–H groups in total. The van der Waals surface area contributed by atoms with Crippen LogP contribution in [-0.2, 0) is 6.54 Å². The molecule has 2 rings (SSSR count). The zero-order valence-corrected chi connectivity index (χ0v) is 12.5. The van der Waals surface area contributed by atoms with E-state index in [-0.39, 0.29) is 0 Å². The SMILES string of the molecule is CCOc1ncnc(NCc2cc(N)ccc2OC)c1C. The number of hydrogen-bond acceptors (Lipinski definition) is 6. The number of methoxy groups -OCH3 is 1. The Balaban J connectivity index is 2.17. The lowest BCUT2D eigenvalue weighted by molar-refractivity contribution is 0.324. The quantitative estimate of drug-likeness (QED) is 0.794. The molecule has 0 saturated heterocycles. The molecule has 0 amide bonds. The van der Waals surface area contributed by atoms with E-state index in [0.29, 0.717) is 24.7 Å². The lowest BCUT2D eigenvalue weighted by atomic mass is 10.1. The first-order chi connectivity index (χ1) is 10.2. The van der Waals surface area contributed by atoms with Crippen molar-refractivity contribution in [3.8, 4) is 11.6 Å². The van der Waals surface area contributed by atoms with Gasteiger partial charge in [0.25, 0.3) is 0 Å². The van der Waals surface area contributed by atoms with Gasteiger partial charge in [0.2, 0.25) is 5.88 Å². The minimum atomic E-state index is 0.553. The molecular weight excluding hydrogens is 268 g/mol. The number of hydrogen-bond donors (Lipinski definition) is 2. The van der Waals surface area contributed by atoms with Crippen molar-refractivity contribution in [3.05, 3.63) is 35.7 Å². The number of nitrogens with one attached hydrogen (secondary N) is 1. The maximum absolute atomic E-state index is 5.82. The Morgan fingerprint density at radius 3 is 2.81 bits per heavy atom. The number of nitrogens with zero attached hydrogens (tertiary/aromatic N) is 2. The second-order valence-electron chi connectivity index (χ2n) is 4.51. The molecule has 0 fully saturated rings. The molecule has 0 bridgehead atoms. The average Bonchev–Trinajstić information content (AvgIpc) is 2.48. The molecule has 112 valence electrons. The molecule has 0 saturated carbocycles. The fourth-order valence-electron chi connectivity index (χ4n) is 2.01. The van der Waals surface area contributed by atoms with Crippen molar-refractivity contribution in [1.82, 2.24) is 9.97 Å². The van der Waals surface area contributed by atoms with Gasteiger partial charge in [-0.1, -0.05) is 0 Å². The molecule has 2 aromatic rings. The molecule has 21 heavy (non-hydrogen) atoms. The summed E-state index contributed by atoms with van der Waals surface area (Å²) in [4.78, 5) is 8.35. The minimum Gasteiger partial charge on any atom is -0.496 e. The van der Waals surface area contributed by atoms with Crippen LogP contribution in [0.3, 0.4) is 0 Å². The maximum atomic E-state index is 5.82. The second-order valence-corrected chi connectivity index (χ2v) is 4.51. The molecule has 0 aliphatic carbocycles. The van der Waals surface area contributed by atoms with Crippen LogP contribution in [0, 0.1) is 6.92 Å². The number of aromatic nitrogens is 2. The standard InChI is InChI=1S/C15H20N4O2/c1-4-21-15-10(2)14(18-9-19-15)17-8-11-7-12(16)5-6-13(11)20-3/h5-7,9H,4,8,16H2,1-3H3,(H,17,18,19). The molecule has 0 atom stereocenters. The lowest BCUT2D eigenvalue weighted by Crippen LogP contribution is -2.07. The van der Waals surface area contributed by atoms with E-state index in [1.54, 1.807) is 7.11 Å². The Kier molecular flexibility index (Phi) is 4.81. The van der Waals surface area contributed by atoms with Gasteiger partial charge in [-0.15, -0.1) is 0 Å². The third-order valence-electron chi connectivity index (χ3n) is 3.07. The van der Waals surface area contributed by atoms with Crippen LogP contribution >= 0.6 is 0 Å². The molecule has 0 spiro atoms. The van der Waals surface area contributed by atoms with Gasteiger partial charge in [-0.05, 0) is 32.0 Å². The number of nitrogens with two attached hydrogens (primary N) is 1. The van der Waals surface area contributed by atoms with Gasteiger partial charge < -0.3 is 20.5 Å². The normalized spacial score (nSPS) is 10.2. The Morgan fingerprint density at radius 1 is 1.29 bits per heavy atom. The largest absolute Gasteiger partial charge is 0.496 e. The molecule has 0 aliphatic heterocycles. The molecule has 1 heterocycles. The van der Waals surface area contributed by atoms with Gasteiger partial charge in [0.05, 0.1) is 19.3 Å². The molecule has 1 aromatic carbocycles. The van der Waals surface area contributed by atoms with Crippen LogP contribution in [0.2, 0.25) is 0 Å². The van der Waals surface area contributed by atoms with E-state index in [9.17, 15) is 0 Å². The first-order valence-corrected chi connectivity index (χ1v) is 6.76. The summed E-state index contributed by atoms with van der Waals surface area (Å²) in [7, 11) is 1.64. The van der Waals surface area contributed by atoms with Crippen molar-refractivity contribution in [3.63, 3.8) is 0 Å². The number of anilines is 2. The van der Waals surface area contributed by atoms with Crippen LogP contribution in [-0.4, -0.2) is 23.7 Å². The summed E-state index contributed by atoms with van der Waals surface area (Å²) < 4.78 is 10.8.